The molecule has 0 aliphatic carbocycles. The Morgan fingerprint density at radius 2 is 1.95 bits per heavy atom. The maximum absolute atomic E-state index is 13.4. The summed E-state index contributed by atoms with van der Waals surface area (Å²) in [5.41, 5.74) is 3.38. The fourth-order valence-electron chi connectivity index (χ4n) is 2.65. The van der Waals surface area contributed by atoms with Crippen molar-refractivity contribution in [2.75, 3.05) is 11.9 Å². The number of carbonyl (C=O) groups excluding carboxylic acids is 1. The van der Waals surface area contributed by atoms with E-state index in [1.807, 2.05) is 0 Å². The number of amides is 1. The summed E-state index contributed by atoms with van der Waals surface area (Å²) in [7, 11) is 0. The molecule has 0 spiro atoms. The summed E-state index contributed by atoms with van der Waals surface area (Å²) in [6, 6.07) is 7.01. The van der Waals surface area contributed by atoms with Gasteiger partial charge in [-0.15, -0.1) is 0 Å². The zero-order valence-corrected chi connectivity index (χ0v) is 12.0. The number of anilines is 1. The minimum absolute atomic E-state index is 0.156. The summed E-state index contributed by atoms with van der Waals surface area (Å²) in [4.78, 5) is 11.9. The van der Waals surface area contributed by atoms with Gasteiger partial charge in [-0.3, -0.25) is 4.79 Å². The average Bonchev–Trinajstić information content (AvgIpc) is 2.41. The van der Waals surface area contributed by atoms with Gasteiger partial charge in [0.1, 0.15) is 5.82 Å². The molecule has 2 unspecified atom stereocenters. The van der Waals surface area contributed by atoms with Crippen molar-refractivity contribution in [2.24, 2.45) is 0 Å². The predicted octanol–water partition coefficient (Wildman–Crippen LogP) is 2.53. The van der Waals surface area contributed by atoms with E-state index in [0.717, 1.165) is 12.8 Å². The highest BCUT2D eigenvalue weighted by molar-refractivity contribution is 5.92. The van der Waals surface area contributed by atoms with Crippen LogP contribution >= 0.6 is 0 Å². The SMILES string of the molecule is CC1CCCC(C)N1NCC(=O)Nc1ccccc1F. The van der Waals surface area contributed by atoms with Gasteiger partial charge in [-0.05, 0) is 38.8 Å². The molecule has 2 rings (SSSR count). The van der Waals surface area contributed by atoms with E-state index >= 15 is 0 Å². The van der Waals surface area contributed by atoms with Crippen LogP contribution in [-0.4, -0.2) is 29.5 Å². The zero-order valence-electron chi connectivity index (χ0n) is 12.0. The van der Waals surface area contributed by atoms with Gasteiger partial charge in [-0.2, -0.15) is 0 Å². The average molecular weight is 279 g/mol. The Labute approximate surface area is 119 Å². The fraction of sp³-hybridized carbons (Fsp3) is 0.533. The van der Waals surface area contributed by atoms with Crippen molar-refractivity contribution in [3.63, 3.8) is 0 Å². The first-order valence-electron chi connectivity index (χ1n) is 7.14. The Kier molecular flexibility index (Phi) is 5.09. The summed E-state index contributed by atoms with van der Waals surface area (Å²) in [6.45, 7) is 4.46. The molecule has 20 heavy (non-hydrogen) atoms. The van der Waals surface area contributed by atoms with E-state index in [-0.39, 0.29) is 18.1 Å². The number of nitrogens with one attached hydrogen (secondary N) is 2. The Morgan fingerprint density at radius 3 is 2.60 bits per heavy atom. The van der Waals surface area contributed by atoms with Crippen LogP contribution in [0, 0.1) is 5.82 Å². The molecular weight excluding hydrogens is 257 g/mol. The number of carbonyl (C=O) groups is 1. The molecule has 110 valence electrons. The topological polar surface area (TPSA) is 44.4 Å². The first-order valence-corrected chi connectivity index (χ1v) is 7.14. The lowest BCUT2D eigenvalue weighted by atomic mass is 10.00. The van der Waals surface area contributed by atoms with Crippen molar-refractivity contribution in [2.45, 2.75) is 45.2 Å². The van der Waals surface area contributed by atoms with Gasteiger partial charge in [0, 0.05) is 12.1 Å². The molecule has 2 atom stereocenters. The van der Waals surface area contributed by atoms with Crippen LogP contribution in [0.25, 0.3) is 0 Å². The second-order valence-electron chi connectivity index (χ2n) is 5.40. The van der Waals surface area contributed by atoms with Gasteiger partial charge in [0.05, 0.1) is 12.2 Å². The molecular formula is C15H22FN3O. The van der Waals surface area contributed by atoms with Crippen molar-refractivity contribution in [3.8, 4) is 0 Å². The van der Waals surface area contributed by atoms with Gasteiger partial charge >= 0.3 is 0 Å². The first kappa shape index (κ1) is 14.9. The standard InChI is InChI=1S/C15H22FN3O/c1-11-6-5-7-12(2)19(11)17-10-15(20)18-14-9-4-3-8-13(14)16/h3-4,8-9,11-12,17H,5-7,10H2,1-2H3,(H,18,20). The molecule has 0 aromatic heterocycles. The Bertz CT molecular complexity index is 456. The Morgan fingerprint density at radius 1 is 1.30 bits per heavy atom. The van der Waals surface area contributed by atoms with Gasteiger partial charge in [-0.25, -0.2) is 14.8 Å². The van der Waals surface area contributed by atoms with E-state index in [9.17, 15) is 9.18 Å². The summed E-state index contributed by atoms with van der Waals surface area (Å²) >= 11 is 0. The highest BCUT2D eigenvalue weighted by Crippen LogP contribution is 2.20. The van der Waals surface area contributed by atoms with Crippen LogP contribution in [0.3, 0.4) is 0 Å². The Hall–Kier alpha value is -1.46. The van der Waals surface area contributed by atoms with Crippen molar-refractivity contribution < 1.29 is 9.18 Å². The molecule has 5 heteroatoms. The van der Waals surface area contributed by atoms with Gasteiger partial charge < -0.3 is 5.32 Å². The number of para-hydroxylation sites is 1. The number of nitrogens with zero attached hydrogens (tertiary/aromatic N) is 1. The highest BCUT2D eigenvalue weighted by atomic mass is 19.1. The summed E-state index contributed by atoms with van der Waals surface area (Å²) in [5, 5.41) is 4.71. The molecule has 0 radical (unpaired) electrons. The molecule has 1 amide bonds. The summed E-state index contributed by atoms with van der Waals surface area (Å²) in [6.07, 6.45) is 3.49. The van der Waals surface area contributed by atoms with E-state index in [1.165, 1.54) is 12.5 Å². The third-order valence-electron chi connectivity index (χ3n) is 3.76. The van der Waals surface area contributed by atoms with Crippen LogP contribution in [0.15, 0.2) is 24.3 Å². The van der Waals surface area contributed by atoms with Gasteiger partial charge in [0.15, 0.2) is 0 Å². The van der Waals surface area contributed by atoms with Crippen LogP contribution in [0.4, 0.5) is 10.1 Å². The van der Waals surface area contributed by atoms with Gasteiger partial charge in [0.25, 0.3) is 0 Å². The molecule has 2 N–H and O–H groups in total. The van der Waals surface area contributed by atoms with Crippen molar-refractivity contribution in [1.82, 2.24) is 10.4 Å². The maximum atomic E-state index is 13.4. The molecule has 1 aromatic rings. The lowest BCUT2D eigenvalue weighted by molar-refractivity contribution is -0.117. The minimum Gasteiger partial charge on any atom is -0.322 e. The monoisotopic (exact) mass is 279 g/mol. The van der Waals surface area contributed by atoms with Gasteiger partial charge in [0.2, 0.25) is 5.91 Å². The second-order valence-corrected chi connectivity index (χ2v) is 5.40. The maximum Gasteiger partial charge on any atom is 0.239 e. The zero-order chi connectivity index (χ0) is 14.5. The number of benzene rings is 1. The molecule has 1 fully saturated rings. The third-order valence-corrected chi connectivity index (χ3v) is 3.76. The molecule has 1 heterocycles. The number of hydrogen-bond acceptors (Lipinski definition) is 3. The third kappa shape index (κ3) is 3.77. The first-order chi connectivity index (χ1) is 9.58. The largest absolute Gasteiger partial charge is 0.322 e. The normalized spacial score (nSPS) is 23.6. The Balaban J connectivity index is 1.84. The number of halogens is 1. The second kappa shape index (κ2) is 6.81. The molecule has 0 bridgehead atoms. The highest BCUT2D eigenvalue weighted by Gasteiger charge is 2.24. The van der Waals surface area contributed by atoms with Crippen LogP contribution in [0.1, 0.15) is 33.1 Å². The lowest BCUT2D eigenvalue weighted by Crippen LogP contribution is -2.53. The number of rotatable bonds is 4. The lowest BCUT2D eigenvalue weighted by Gasteiger charge is -2.38. The molecule has 1 aliphatic heterocycles. The summed E-state index contributed by atoms with van der Waals surface area (Å²) in [5.74, 6) is -0.652. The van der Waals surface area contributed by atoms with Crippen LogP contribution in [-0.2, 0) is 4.79 Å². The minimum atomic E-state index is -0.416. The van der Waals surface area contributed by atoms with E-state index < -0.39 is 5.82 Å². The number of hydrogen-bond donors (Lipinski definition) is 2. The molecule has 1 aliphatic rings. The fourth-order valence-corrected chi connectivity index (χ4v) is 2.65. The predicted molar refractivity (Wildman–Crippen MR) is 77.6 cm³/mol. The molecule has 0 saturated carbocycles. The van der Waals surface area contributed by atoms with E-state index in [1.54, 1.807) is 18.2 Å². The van der Waals surface area contributed by atoms with Crippen molar-refractivity contribution >= 4 is 11.6 Å². The summed E-state index contributed by atoms with van der Waals surface area (Å²) < 4.78 is 13.4. The number of piperidine rings is 1. The smallest absolute Gasteiger partial charge is 0.239 e. The van der Waals surface area contributed by atoms with Crippen LogP contribution in [0.5, 0.6) is 0 Å². The quantitative estimate of drug-likeness (QED) is 0.890. The molecule has 1 aromatic carbocycles. The van der Waals surface area contributed by atoms with Crippen LogP contribution in [0.2, 0.25) is 0 Å². The van der Waals surface area contributed by atoms with E-state index in [4.69, 9.17) is 0 Å². The number of hydrazine groups is 1. The van der Waals surface area contributed by atoms with Crippen molar-refractivity contribution in [1.29, 1.82) is 0 Å². The van der Waals surface area contributed by atoms with Crippen LogP contribution < -0.4 is 10.7 Å². The van der Waals surface area contributed by atoms with E-state index in [0.29, 0.717) is 12.1 Å². The molecule has 4 nitrogen and oxygen atoms in total. The van der Waals surface area contributed by atoms with E-state index in [2.05, 4.69) is 29.6 Å². The van der Waals surface area contributed by atoms with Crippen molar-refractivity contribution in [3.05, 3.63) is 30.1 Å². The molecule has 1 saturated heterocycles. The van der Waals surface area contributed by atoms with Gasteiger partial charge in [-0.1, -0.05) is 18.6 Å².